The van der Waals surface area contributed by atoms with E-state index in [0.29, 0.717) is 13.2 Å². The molecule has 2 atom stereocenters. The molecule has 5 heteroatoms. The van der Waals surface area contributed by atoms with Gasteiger partial charge in [0.15, 0.2) is 9.84 Å². The van der Waals surface area contributed by atoms with E-state index in [2.05, 4.69) is 5.32 Å². The van der Waals surface area contributed by atoms with Crippen LogP contribution in [0.4, 0.5) is 0 Å². The zero-order chi connectivity index (χ0) is 14.6. The SMILES string of the molecule is CCOc1cccc(CNC2CCCC2S(C)(=O)=O)c1. The predicted octanol–water partition coefficient (Wildman–Crippen LogP) is 2.14. The Labute approximate surface area is 121 Å². The van der Waals surface area contributed by atoms with Crippen LogP contribution in [0.5, 0.6) is 5.75 Å². The highest BCUT2D eigenvalue weighted by Crippen LogP contribution is 2.25. The lowest BCUT2D eigenvalue weighted by Crippen LogP contribution is -2.39. The second-order valence-corrected chi connectivity index (χ2v) is 7.63. The van der Waals surface area contributed by atoms with Crippen molar-refractivity contribution in [1.29, 1.82) is 0 Å². The summed E-state index contributed by atoms with van der Waals surface area (Å²) in [7, 11) is -2.96. The number of rotatable bonds is 6. The van der Waals surface area contributed by atoms with Gasteiger partial charge in [-0.2, -0.15) is 0 Å². The van der Waals surface area contributed by atoms with Gasteiger partial charge in [0.05, 0.1) is 11.9 Å². The van der Waals surface area contributed by atoms with Crippen LogP contribution in [-0.2, 0) is 16.4 Å². The van der Waals surface area contributed by atoms with E-state index in [9.17, 15) is 8.42 Å². The van der Waals surface area contributed by atoms with Crippen molar-refractivity contribution in [2.45, 2.75) is 44.0 Å². The lowest BCUT2D eigenvalue weighted by atomic mass is 10.2. The quantitative estimate of drug-likeness (QED) is 0.874. The number of sulfone groups is 1. The predicted molar refractivity (Wildman–Crippen MR) is 80.7 cm³/mol. The first-order chi connectivity index (χ1) is 9.50. The molecule has 0 radical (unpaired) electrons. The number of benzene rings is 1. The van der Waals surface area contributed by atoms with Gasteiger partial charge in [-0.3, -0.25) is 0 Å². The number of hydrogen-bond donors (Lipinski definition) is 1. The van der Waals surface area contributed by atoms with E-state index in [4.69, 9.17) is 4.74 Å². The first kappa shape index (κ1) is 15.3. The Morgan fingerprint density at radius 2 is 2.15 bits per heavy atom. The van der Waals surface area contributed by atoms with E-state index in [1.807, 2.05) is 31.2 Å². The average molecular weight is 297 g/mol. The lowest BCUT2D eigenvalue weighted by molar-refractivity contribution is 0.339. The Bertz CT molecular complexity index is 542. The van der Waals surface area contributed by atoms with Gasteiger partial charge in [-0.15, -0.1) is 0 Å². The molecular weight excluding hydrogens is 274 g/mol. The number of ether oxygens (including phenoxy) is 1. The molecule has 1 aliphatic rings. The first-order valence-electron chi connectivity index (χ1n) is 7.14. The van der Waals surface area contributed by atoms with Gasteiger partial charge in [0.1, 0.15) is 5.75 Å². The minimum absolute atomic E-state index is 0.0701. The summed E-state index contributed by atoms with van der Waals surface area (Å²) >= 11 is 0. The molecule has 0 heterocycles. The molecule has 1 fully saturated rings. The summed E-state index contributed by atoms with van der Waals surface area (Å²) in [5.74, 6) is 0.859. The molecule has 1 saturated carbocycles. The molecule has 1 N–H and O–H groups in total. The third kappa shape index (κ3) is 3.96. The summed E-state index contributed by atoms with van der Waals surface area (Å²) in [6.07, 6.45) is 4.03. The molecule has 0 spiro atoms. The Morgan fingerprint density at radius 1 is 1.35 bits per heavy atom. The summed E-state index contributed by atoms with van der Waals surface area (Å²) in [5.41, 5.74) is 1.12. The summed E-state index contributed by atoms with van der Waals surface area (Å²) in [6.45, 7) is 3.29. The van der Waals surface area contributed by atoms with Crippen LogP contribution in [-0.4, -0.2) is 32.6 Å². The molecule has 0 aliphatic heterocycles. The van der Waals surface area contributed by atoms with E-state index in [1.165, 1.54) is 6.26 Å². The molecule has 0 amide bonds. The van der Waals surface area contributed by atoms with Gasteiger partial charge in [-0.05, 0) is 37.5 Å². The van der Waals surface area contributed by atoms with Gasteiger partial charge in [-0.1, -0.05) is 18.6 Å². The minimum atomic E-state index is -2.96. The summed E-state index contributed by atoms with van der Waals surface area (Å²) < 4.78 is 28.9. The van der Waals surface area contributed by atoms with Crippen molar-refractivity contribution in [3.05, 3.63) is 29.8 Å². The van der Waals surface area contributed by atoms with Crippen molar-refractivity contribution in [2.75, 3.05) is 12.9 Å². The molecule has 0 saturated heterocycles. The standard InChI is InChI=1S/C15H23NO3S/c1-3-19-13-7-4-6-12(10-13)11-16-14-8-5-9-15(14)20(2,17)18/h4,6-7,10,14-16H,3,5,8-9,11H2,1-2H3. The molecule has 1 aromatic rings. The average Bonchev–Trinajstić information content (AvgIpc) is 2.85. The van der Waals surface area contributed by atoms with E-state index in [1.54, 1.807) is 0 Å². The van der Waals surface area contributed by atoms with Crippen LogP contribution < -0.4 is 10.1 Å². The molecule has 20 heavy (non-hydrogen) atoms. The molecule has 2 unspecified atom stereocenters. The smallest absolute Gasteiger partial charge is 0.151 e. The molecule has 112 valence electrons. The van der Waals surface area contributed by atoms with Crippen LogP contribution in [0.15, 0.2) is 24.3 Å². The van der Waals surface area contributed by atoms with E-state index < -0.39 is 9.84 Å². The van der Waals surface area contributed by atoms with E-state index >= 15 is 0 Å². The zero-order valence-electron chi connectivity index (χ0n) is 12.1. The Hall–Kier alpha value is -1.07. The van der Waals surface area contributed by atoms with Gasteiger partial charge in [0, 0.05) is 18.8 Å². The molecule has 0 bridgehead atoms. The van der Waals surface area contributed by atoms with Gasteiger partial charge in [0.25, 0.3) is 0 Å². The fraction of sp³-hybridized carbons (Fsp3) is 0.600. The Kier molecular flexibility index (Phi) is 5.05. The van der Waals surface area contributed by atoms with Crippen LogP contribution in [0.25, 0.3) is 0 Å². The van der Waals surface area contributed by atoms with Crippen LogP contribution in [0.3, 0.4) is 0 Å². The molecule has 1 aliphatic carbocycles. The summed E-state index contributed by atoms with van der Waals surface area (Å²) in [6, 6.07) is 7.99. The van der Waals surface area contributed by atoms with E-state index in [-0.39, 0.29) is 11.3 Å². The van der Waals surface area contributed by atoms with E-state index in [0.717, 1.165) is 30.6 Å². The maximum absolute atomic E-state index is 11.7. The highest BCUT2D eigenvalue weighted by molar-refractivity contribution is 7.91. The number of hydrogen-bond acceptors (Lipinski definition) is 4. The van der Waals surface area contributed by atoms with Crippen molar-refractivity contribution >= 4 is 9.84 Å². The first-order valence-corrected chi connectivity index (χ1v) is 9.10. The monoisotopic (exact) mass is 297 g/mol. The fourth-order valence-electron chi connectivity index (χ4n) is 2.83. The highest BCUT2D eigenvalue weighted by Gasteiger charge is 2.34. The lowest BCUT2D eigenvalue weighted by Gasteiger charge is -2.19. The molecule has 4 nitrogen and oxygen atoms in total. The summed E-state index contributed by atoms with van der Waals surface area (Å²) in [5, 5.41) is 3.15. The number of nitrogens with one attached hydrogen (secondary N) is 1. The van der Waals surface area contributed by atoms with Gasteiger partial charge in [-0.25, -0.2) is 8.42 Å². The van der Waals surface area contributed by atoms with Crippen molar-refractivity contribution in [3.8, 4) is 5.75 Å². The maximum Gasteiger partial charge on any atom is 0.151 e. The largest absolute Gasteiger partial charge is 0.494 e. The second kappa shape index (κ2) is 6.59. The molecule has 0 aromatic heterocycles. The molecule has 2 rings (SSSR count). The van der Waals surface area contributed by atoms with Crippen LogP contribution in [0.1, 0.15) is 31.7 Å². The molecule has 1 aromatic carbocycles. The van der Waals surface area contributed by atoms with Crippen molar-refractivity contribution < 1.29 is 13.2 Å². The fourth-order valence-corrected chi connectivity index (χ4v) is 4.26. The normalized spacial score (nSPS) is 22.9. The van der Waals surface area contributed by atoms with Crippen molar-refractivity contribution in [2.24, 2.45) is 0 Å². The van der Waals surface area contributed by atoms with Crippen LogP contribution in [0.2, 0.25) is 0 Å². The zero-order valence-corrected chi connectivity index (χ0v) is 12.9. The molecular formula is C15H23NO3S. The summed E-state index contributed by atoms with van der Waals surface area (Å²) in [4.78, 5) is 0. The minimum Gasteiger partial charge on any atom is -0.494 e. The van der Waals surface area contributed by atoms with Crippen molar-refractivity contribution in [1.82, 2.24) is 5.32 Å². The Balaban J connectivity index is 1.96. The maximum atomic E-state index is 11.7. The van der Waals surface area contributed by atoms with Gasteiger partial charge in [0.2, 0.25) is 0 Å². The van der Waals surface area contributed by atoms with Gasteiger partial charge >= 0.3 is 0 Å². The van der Waals surface area contributed by atoms with Crippen LogP contribution in [0, 0.1) is 0 Å². The van der Waals surface area contributed by atoms with Crippen LogP contribution >= 0.6 is 0 Å². The third-order valence-electron chi connectivity index (χ3n) is 3.78. The van der Waals surface area contributed by atoms with Gasteiger partial charge < -0.3 is 10.1 Å². The van der Waals surface area contributed by atoms with Crippen molar-refractivity contribution in [3.63, 3.8) is 0 Å². The third-order valence-corrected chi connectivity index (χ3v) is 5.44. The Morgan fingerprint density at radius 3 is 2.85 bits per heavy atom. The topological polar surface area (TPSA) is 55.4 Å². The highest BCUT2D eigenvalue weighted by atomic mass is 32.2. The second-order valence-electron chi connectivity index (χ2n) is 5.37.